The Hall–Kier alpha value is -1.19. The van der Waals surface area contributed by atoms with Crippen molar-refractivity contribution in [3.8, 4) is 0 Å². The molecule has 2 bridgehead atoms. The average molecular weight is 274 g/mol. The molecule has 2 aliphatic heterocycles. The molecule has 0 aromatic heterocycles. The molecule has 3 nitrogen and oxygen atoms in total. The monoisotopic (exact) mass is 274 g/mol. The van der Waals surface area contributed by atoms with Gasteiger partial charge in [0, 0.05) is 12.3 Å². The maximum atomic E-state index is 10.6. The zero-order valence-corrected chi connectivity index (χ0v) is 11.7. The van der Waals surface area contributed by atoms with E-state index in [0.29, 0.717) is 37.1 Å². The van der Waals surface area contributed by atoms with Crippen molar-refractivity contribution in [3.63, 3.8) is 0 Å². The minimum Gasteiger partial charge on any atom is -0.376 e. The van der Waals surface area contributed by atoms with Gasteiger partial charge in [-0.15, -0.1) is 0 Å². The fourth-order valence-electron chi connectivity index (χ4n) is 3.65. The van der Waals surface area contributed by atoms with E-state index < -0.39 is 0 Å². The third-order valence-corrected chi connectivity index (χ3v) is 4.63. The van der Waals surface area contributed by atoms with Crippen LogP contribution in [0.5, 0.6) is 0 Å². The Labute approximate surface area is 120 Å². The Morgan fingerprint density at radius 1 is 1.15 bits per heavy atom. The van der Waals surface area contributed by atoms with E-state index >= 15 is 0 Å². The quantitative estimate of drug-likeness (QED) is 0.717. The third kappa shape index (κ3) is 2.94. The number of hydrogen-bond acceptors (Lipinski definition) is 3. The van der Waals surface area contributed by atoms with Crippen LogP contribution in [0.3, 0.4) is 0 Å². The molecule has 2 aliphatic rings. The second-order valence-electron chi connectivity index (χ2n) is 5.86. The first-order chi connectivity index (χ1) is 9.88. The molecule has 2 saturated heterocycles. The maximum Gasteiger partial charge on any atom is 0.120 e. The summed E-state index contributed by atoms with van der Waals surface area (Å²) in [5, 5.41) is 0. The van der Waals surface area contributed by atoms with Crippen molar-refractivity contribution in [1.29, 1.82) is 0 Å². The molecule has 0 unspecified atom stereocenters. The minimum absolute atomic E-state index is 0.354. The standard InChI is InChI=1S/C17H22O3/c18-10-4-7-14-15(17-9-8-16(14)20-17)12-19-11-13-5-2-1-3-6-13/h1-3,5-6,10,14-17H,4,7-9,11-12H2/t14-,15+,16-,17+/m0/s1. The highest BCUT2D eigenvalue weighted by Gasteiger charge is 2.48. The van der Waals surface area contributed by atoms with Gasteiger partial charge >= 0.3 is 0 Å². The van der Waals surface area contributed by atoms with Crippen LogP contribution in [0.1, 0.15) is 31.2 Å². The molecule has 3 rings (SSSR count). The summed E-state index contributed by atoms with van der Waals surface area (Å²) >= 11 is 0. The van der Waals surface area contributed by atoms with Gasteiger partial charge < -0.3 is 14.3 Å². The zero-order valence-electron chi connectivity index (χ0n) is 11.7. The highest BCUT2D eigenvalue weighted by Crippen LogP contribution is 2.45. The van der Waals surface area contributed by atoms with Gasteiger partial charge in [0.05, 0.1) is 25.4 Å². The predicted octanol–water partition coefficient (Wildman–Crippen LogP) is 2.98. The number of rotatable bonds is 7. The first-order valence-corrected chi connectivity index (χ1v) is 7.59. The van der Waals surface area contributed by atoms with Gasteiger partial charge in [-0.1, -0.05) is 30.3 Å². The molecule has 0 saturated carbocycles. The highest BCUT2D eigenvalue weighted by molar-refractivity contribution is 5.49. The predicted molar refractivity (Wildman–Crippen MR) is 76.3 cm³/mol. The smallest absolute Gasteiger partial charge is 0.120 e. The summed E-state index contributed by atoms with van der Waals surface area (Å²) in [6.07, 6.45) is 5.65. The van der Waals surface area contributed by atoms with Crippen molar-refractivity contribution in [2.24, 2.45) is 11.8 Å². The number of carbonyl (C=O) groups excluding carboxylic acids is 1. The Balaban J connectivity index is 1.51. The van der Waals surface area contributed by atoms with Crippen molar-refractivity contribution in [2.75, 3.05) is 6.61 Å². The second-order valence-corrected chi connectivity index (χ2v) is 5.86. The molecule has 0 aliphatic carbocycles. The molecule has 4 atom stereocenters. The van der Waals surface area contributed by atoms with E-state index in [1.54, 1.807) is 0 Å². The number of ether oxygens (including phenoxy) is 2. The van der Waals surface area contributed by atoms with Crippen LogP contribution in [0.2, 0.25) is 0 Å². The molecule has 0 radical (unpaired) electrons. The van der Waals surface area contributed by atoms with Crippen LogP contribution >= 0.6 is 0 Å². The topological polar surface area (TPSA) is 35.5 Å². The van der Waals surface area contributed by atoms with E-state index in [1.807, 2.05) is 18.2 Å². The van der Waals surface area contributed by atoms with Crippen LogP contribution < -0.4 is 0 Å². The van der Waals surface area contributed by atoms with Gasteiger partial charge in [0.15, 0.2) is 0 Å². The number of hydrogen-bond donors (Lipinski definition) is 0. The van der Waals surface area contributed by atoms with Crippen molar-refractivity contribution in [3.05, 3.63) is 35.9 Å². The molecule has 20 heavy (non-hydrogen) atoms. The highest BCUT2D eigenvalue weighted by atomic mass is 16.5. The van der Waals surface area contributed by atoms with Gasteiger partial charge in [0.25, 0.3) is 0 Å². The number of fused-ring (bicyclic) bond motifs is 2. The van der Waals surface area contributed by atoms with E-state index in [9.17, 15) is 4.79 Å². The number of carbonyl (C=O) groups is 1. The Morgan fingerprint density at radius 2 is 1.90 bits per heavy atom. The van der Waals surface area contributed by atoms with Gasteiger partial charge in [-0.05, 0) is 30.7 Å². The summed E-state index contributed by atoms with van der Waals surface area (Å²) in [5.41, 5.74) is 1.21. The van der Waals surface area contributed by atoms with Crippen molar-refractivity contribution >= 4 is 6.29 Å². The third-order valence-electron chi connectivity index (χ3n) is 4.63. The molecular formula is C17H22O3. The summed E-state index contributed by atoms with van der Waals surface area (Å²) in [6, 6.07) is 10.3. The van der Waals surface area contributed by atoms with Crippen LogP contribution in [0.25, 0.3) is 0 Å². The minimum atomic E-state index is 0.354. The normalized spacial score (nSPS) is 31.6. The Bertz CT molecular complexity index is 431. The van der Waals surface area contributed by atoms with Crippen molar-refractivity contribution in [2.45, 2.75) is 44.5 Å². The van der Waals surface area contributed by atoms with Crippen molar-refractivity contribution in [1.82, 2.24) is 0 Å². The van der Waals surface area contributed by atoms with E-state index in [1.165, 1.54) is 5.56 Å². The first kappa shape index (κ1) is 13.8. The van der Waals surface area contributed by atoms with Gasteiger partial charge in [-0.25, -0.2) is 0 Å². The Morgan fingerprint density at radius 3 is 2.65 bits per heavy atom. The van der Waals surface area contributed by atoms with Gasteiger partial charge in [-0.3, -0.25) is 0 Å². The van der Waals surface area contributed by atoms with Gasteiger partial charge in [0.1, 0.15) is 6.29 Å². The van der Waals surface area contributed by atoms with E-state index in [2.05, 4.69) is 12.1 Å². The lowest BCUT2D eigenvalue weighted by Gasteiger charge is -2.27. The van der Waals surface area contributed by atoms with Crippen LogP contribution in [0.15, 0.2) is 30.3 Å². The molecule has 0 N–H and O–H groups in total. The fourth-order valence-corrected chi connectivity index (χ4v) is 3.65. The second kappa shape index (κ2) is 6.51. The van der Waals surface area contributed by atoms with Gasteiger partial charge in [-0.2, -0.15) is 0 Å². The summed E-state index contributed by atoms with van der Waals surface area (Å²) in [5.74, 6) is 0.979. The fraction of sp³-hybridized carbons (Fsp3) is 0.588. The largest absolute Gasteiger partial charge is 0.376 e. The summed E-state index contributed by atoms with van der Waals surface area (Å²) in [7, 11) is 0. The van der Waals surface area contributed by atoms with Gasteiger partial charge in [0.2, 0.25) is 0 Å². The lowest BCUT2D eigenvalue weighted by atomic mass is 9.77. The molecule has 1 aromatic rings. The molecular weight excluding hydrogens is 252 g/mol. The molecule has 1 aromatic carbocycles. The van der Waals surface area contributed by atoms with Crippen LogP contribution in [0, 0.1) is 11.8 Å². The van der Waals surface area contributed by atoms with E-state index in [0.717, 1.165) is 32.2 Å². The maximum absolute atomic E-state index is 10.6. The number of aldehydes is 1. The van der Waals surface area contributed by atoms with Crippen LogP contribution in [-0.2, 0) is 20.9 Å². The lowest BCUT2D eigenvalue weighted by molar-refractivity contribution is -0.108. The van der Waals surface area contributed by atoms with E-state index in [-0.39, 0.29) is 0 Å². The molecule has 2 fully saturated rings. The summed E-state index contributed by atoms with van der Waals surface area (Å²) < 4.78 is 11.9. The Kier molecular flexibility index (Phi) is 4.48. The molecule has 3 heteroatoms. The summed E-state index contributed by atoms with van der Waals surface area (Å²) in [6.45, 7) is 1.41. The lowest BCUT2D eigenvalue weighted by Crippen LogP contribution is -2.30. The summed E-state index contributed by atoms with van der Waals surface area (Å²) in [4.78, 5) is 10.6. The van der Waals surface area contributed by atoms with Crippen LogP contribution in [-0.4, -0.2) is 25.1 Å². The van der Waals surface area contributed by atoms with Crippen molar-refractivity contribution < 1.29 is 14.3 Å². The number of benzene rings is 1. The zero-order chi connectivity index (χ0) is 13.8. The molecule has 0 amide bonds. The molecule has 2 heterocycles. The molecule has 0 spiro atoms. The van der Waals surface area contributed by atoms with Crippen LogP contribution in [0.4, 0.5) is 0 Å². The molecule has 108 valence electrons. The SMILES string of the molecule is O=CCC[C@H]1[C@@H](COCc2ccccc2)[C@H]2CC[C@@H]1O2. The first-order valence-electron chi connectivity index (χ1n) is 7.59. The average Bonchev–Trinajstić information content (AvgIpc) is 3.08. The van der Waals surface area contributed by atoms with E-state index in [4.69, 9.17) is 9.47 Å².